The highest BCUT2D eigenvalue weighted by atomic mass is 16.5. The molecule has 0 saturated carbocycles. The number of rotatable bonds is 7. The molecule has 0 aliphatic rings. The number of hydrogen-bond donors (Lipinski definition) is 1. The Bertz CT molecular complexity index is 184. The van der Waals surface area contributed by atoms with E-state index in [2.05, 4.69) is 13.8 Å². The van der Waals surface area contributed by atoms with Crippen LogP contribution in [0.25, 0.3) is 0 Å². The van der Waals surface area contributed by atoms with E-state index in [0.29, 0.717) is 19.1 Å². The fraction of sp³-hybridized carbons (Fsp3) is 1.00. The van der Waals surface area contributed by atoms with Gasteiger partial charge in [0.05, 0.1) is 25.4 Å². The van der Waals surface area contributed by atoms with Crippen molar-refractivity contribution >= 4 is 0 Å². The normalized spacial score (nSPS) is 16.5. The monoisotopic (exact) mass is 232 g/mol. The second-order valence-corrected chi connectivity index (χ2v) is 6.09. The smallest absolute Gasteiger partial charge is 0.0598 e. The predicted molar refractivity (Wildman–Crippen MR) is 66.6 cm³/mol. The molecule has 0 amide bonds. The summed E-state index contributed by atoms with van der Waals surface area (Å²) in [5.74, 6) is 0.519. The lowest BCUT2D eigenvalue weighted by molar-refractivity contribution is -0.0977. The van der Waals surface area contributed by atoms with E-state index in [4.69, 9.17) is 9.47 Å². The van der Waals surface area contributed by atoms with Crippen LogP contribution in [0.2, 0.25) is 0 Å². The van der Waals surface area contributed by atoms with Gasteiger partial charge in [0, 0.05) is 12.5 Å². The van der Waals surface area contributed by atoms with Crippen molar-refractivity contribution in [2.45, 2.75) is 46.6 Å². The Morgan fingerprint density at radius 3 is 2.00 bits per heavy atom. The van der Waals surface area contributed by atoms with Crippen molar-refractivity contribution in [2.75, 3.05) is 26.9 Å². The van der Waals surface area contributed by atoms with Crippen LogP contribution in [-0.4, -0.2) is 37.6 Å². The van der Waals surface area contributed by atoms with Crippen LogP contribution in [0, 0.1) is 11.3 Å². The molecular weight excluding hydrogens is 204 g/mol. The molecule has 0 aliphatic heterocycles. The third kappa shape index (κ3) is 6.46. The average molecular weight is 232 g/mol. The van der Waals surface area contributed by atoms with Crippen LogP contribution in [0.4, 0.5) is 0 Å². The molecular formula is C13H28O3. The summed E-state index contributed by atoms with van der Waals surface area (Å²) in [4.78, 5) is 0. The minimum atomic E-state index is -0.268. The summed E-state index contributed by atoms with van der Waals surface area (Å²) in [6.45, 7) is 11.6. The fourth-order valence-electron chi connectivity index (χ4n) is 1.86. The summed E-state index contributed by atoms with van der Waals surface area (Å²) in [6.07, 6.45) is 0.910. The topological polar surface area (TPSA) is 38.7 Å². The zero-order valence-electron chi connectivity index (χ0n) is 11.7. The molecule has 3 nitrogen and oxygen atoms in total. The SMILES string of the molecule is COCC(CO)(COC(C)(C)C)CC(C)C. The number of methoxy groups -OCH3 is 1. The fourth-order valence-corrected chi connectivity index (χ4v) is 1.86. The van der Waals surface area contributed by atoms with Crippen molar-refractivity contribution in [3.63, 3.8) is 0 Å². The molecule has 0 aromatic heterocycles. The van der Waals surface area contributed by atoms with Gasteiger partial charge in [0.15, 0.2) is 0 Å². The van der Waals surface area contributed by atoms with E-state index in [0.717, 1.165) is 6.42 Å². The first-order valence-corrected chi connectivity index (χ1v) is 5.98. The number of hydrogen-bond acceptors (Lipinski definition) is 3. The molecule has 0 heterocycles. The predicted octanol–water partition coefficient (Wildman–Crippen LogP) is 2.47. The van der Waals surface area contributed by atoms with E-state index in [9.17, 15) is 5.11 Å². The van der Waals surface area contributed by atoms with Crippen LogP contribution in [0.5, 0.6) is 0 Å². The quantitative estimate of drug-likeness (QED) is 0.733. The van der Waals surface area contributed by atoms with Gasteiger partial charge in [-0.15, -0.1) is 0 Å². The average Bonchev–Trinajstić information content (AvgIpc) is 2.12. The van der Waals surface area contributed by atoms with Gasteiger partial charge >= 0.3 is 0 Å². The molecule has 3 heteroatoms. The minimum absolute atomic E-state index is 0.106. The second kappa shape index (κ2) is 6.58. The molecule has 1 unspecified atom stereocenters. The first-order valence-electron chi connectivity index (χ1n) is 5.98. The highest BCUT2D eigenvalue weighted by Gasteiger charge is 2.32. The van der Waals surface area contributed by atoms with Gasteiger partial charge in [-0.1, -0.05) is 13.8 Å². The third-order valence-corrected chi connectivity index (χ3v) is 2.44. The maximum Gasteiger partial charge on any atom is 0.0598 e. The molecule has 1 N–H and O–H groups in total. The van der Waals surface area contributed by atoms with Gasteiger partial charge in [-0.25, -0.2) is 0 Å². The Labute approximate surface area is 100 Å². The van der Waals surface area contributed by atoms with E-state index in [1.165, 1.54) is 0 Å². The summed E-state index contributed by atoms with van der Waals surface area (Å²) in [5.41, 5.74) is -0.443. The Hall–Kier alpha value is -0.120. The standard InChI is InChI=1S/C13H28O3/c1-11(2)7-13(8-14,9-15-6)10-16-12(3,4)5/h11,14H,7-10H2,1-6H3. The molecule has 0 fully saturated rings. The lowest BCUT2D eigenvalue weighted by Crippen LogP contribution is -2.40. The Morgan fingerprint density at radius 1 is 1.12 bits per heavy atom. The lowest BCUT2D eigenvalue weighted by atomic mass is 9.82. The Morgan fingerprint density at radius 2 is 1.69 bits per heavy atom. The largest absolute Gasteiger partial charge is 0.396 e. The second-order valence-electron chi connectivity index (χ2n) is 6.09. The molecule has 16 heavy (non-hydrogen) atoms. The summed E-state index contributed by atoms with van der Waals surface area (Å²) < 4.78 is 11.0. The Balaban J connectivity index is 4.50. The van der Waals surface area contributed by atoms with E-state index in [1.54, 1.807) is 7.11 Å². The van der Waals surface area contributed by atoms with Crippen molar-refractivity contribution in [1.82, 2.24) is 0 Å². The van der Waals surface area contributed by atoms with Crippen molar-refractivity contribution in [2.24, 2.45) is 11.3 Å². The van der Waals surface area contributed by atoms with Crippen LogP contribution in [0.3, 0.4) is 0 Å². The van der Waals surface area contributed by atoms with Gasteiger partial charge < -0.3 is 14.6 Å². The Kier molecular flexibility index (Phi) is 6.53. The van der Waals surface area contributed by atoms with Crippen molar-refractivity contribution in [3.8, 4) is 0 Å². The summed E-state index contributed by atoms with van der Waals surface area (Å²) in [6, 6.07) is 0. The van der Waals surface area contributed by atoms with E-state index >= 15 is 0 Å². The molecule has 0 aliphatic carbocycles. The van der Waals surface area contributed by atoms with Crippen molar-refractivity contribution < 1.29 is 14.6 Å². The molecule has 0 radical (unpaired) electrons. The van der Waals surface area contributed by atoms with Gasteiger partial charge in [0.2, 0.25) is 0 Å². The zero-order chi connectivity index (χ0) is 12.8. The van der Waals surface area contributed by atoms with Gasteiger partial charge in [-0.3, -0.25) is 0 Å². The van der Waals surface area contributed by atoms with Crippen LogP contribution in [0.15, 0.2) is 0 Å². The van der Waals surface area contributed by atoms with Gasteiger partial charge in [-0.2, -0.15) is 0 Å². The molecule has 0 bridgehead atoms. The molecule has 0 aromatic rings. The molecule has 1 atom stereocenters. The summed E-state index contributed by atoms with van der Waals surface area (Å²) in [5, 5.41) is 9.59. The third-order valence-electron chi connectivity index (χ3n) is 2.44. The van der Waals surface area contributed by atoms with E-state index in [1.807, 2.05) is 20.8 Å². The van der Waals surface area contributed by atoms with Crippen molar-refractivity contribution in [1.29, 1.82) is 0 Å². The van der Waals surface area contributed by atoms with Crippen LogP contribution in [-0.2, 0) is 9.47 Å². The molecule has 0 saturated heterocycles. The van der Waals surface area contributed by atoms with Crippen LogP contribution < -0.4 is 0 Å². The molecule has 0 rings (SSSR count). The maximum absolute atomic E-state index is 9.59. The summed E-state index contributed by atoms with van der Waals surface area (Å²) in [7, 11) is 1.67. The van der Waals surface area contributed by atoms with E-state index in [-0.39, 0.29) is 17.6 Å². The lowest BCUT2D eigenvalue weighted by Gasteiger charge is -2.35. The number of aliphatic hydroxyl groups excluding tert-OH is 1. The minimum Gasteiger partial charge on any atom is -0.396 e. The number of ether oxygens (including phenoxy) is 2. The first kappa shape index (κ1) is 15.9. The number of aliphatic hydroxyl groups is 1. The first-order chi connectivity index (χ1) is 7.24. The zero-order valence-corrected chi connectivity index (χ0v) is 11.7. The highest BCUT2D eigenvalue weighted by molar-refractivity contribution is 4.80. The molecule has 0 spiro atoms. The van der Waals surface area contributed by atoms with Gasteiger partial charge in [0.1, 0.15) is 0 Å². The highest BCUT2D eigenvalue weighted by Crippen LogP contribution is 2.28. The van der Waals surface area contributed by atoms with Gasteiger partial charge in [0.25, 0.3) is 0 Å². The van der Waals surface area contributed by atoms with Gasteiger partial charge in [-0.05, 0) is 33.1 Å². The van der Waals surface area contributed by atoms with Crippen molar-refractivity contribution in [3.05, 3.63) is 0 Å². The van der Waals surface area contributed by atoms with Crippen LogP contribution >= 0.6 is 0 Å². The molecule has 0 aromatic carbocycles. The van der Waals surface area contributed by atoms with E-state index < -0.39 is 0 Å². The maximum atomic E-state index is 9.59. The summed E-state index contributed by atoms with van der Waals surface area (Å²) >= 11 is 0. The molecule has 98 valence electrons. The van der Waals surface area contributed by atoms with Crippen LogP contribution in [0.1, 0.15) is 41.0 Å².